The molecule has 0 saturated carbocycles. The van der Waals surface area contributed by atoms with Crippen LogP contribution in [0.25, 0.3) is 0 Å². The van der Waals surface area contributed by atoms with Crippen molar-refractivity contribution in [1.29, 1.82) is 5.26 Å². The largest absolute Gasteiger partial charge is 0.454 e. The molecule has 100 valence electrons. The van der Waals surface area contributed by atoms with Gasteiger partial charge in [-0.25, -0.2) is 0 Å². The number of rotatable bonds is 3. The SMILES string of the molecule is CC(=O)Nc1ccccc1Oc1cccc(Br)c1C#N. The predicted molar refractivity (Wildman–Crippen MR) is 79.7 cm³/mol. The molecule has 0 aliphatic heterocycles. The van der Waals surface area contributed by atoms with Gasteiger partial charge in [-0.3, -0.25) is 4.79 Å². The van der Waals surface area contributed by atoms with Gasteiger partial charge in [-0.15, -0.1) is 0 Å². The molecular weight excluding hydrogens is 320 g/mol. The van der Waals surface area contributed by atoms with Crippen LogP contribution >= 0.6 is 15.9 Å². The van der Waals surface area contributed by atoms with Gasteiger partial charge in [0.25, 0.3) is 0 Å². The zero-order valence-electron chi connectivity index (χ0n) is 10.7. The van der Waals surface area contributed by atoms with E-state index >= 15 is 0 Å². The summed E-state index contributed by atoms with van der Waals surface area (Å²) in [6.45, 7) is 1.43. The number of amides is 1. The number of carbonyl (C=O) groups excluding carboxylic acids is 1. The van der Waals surface area contributed by atoms with E-state index in [-0.39, 0.29) is 5.91 Å². The fourth-order valence-corrected chi connectivity index (χ4v) is 2.10. The Morgan fingerprint density at radius 3 is 2.60 bits per heavy atom. The number of anilines is 1. The summed E-state index contributed by atoms with van der Waals surface area (Å²) in [6, 6.07) is 14.4. The van der Waals surface area contributed by atoms with E-state index < -0.39 is 0 Å². The lowest BCUT2D eigenvalue weighted by molar-refractivity contribution is -0.114. The van der Waals surface area contributed by atoms with Crippen molar-refractivity contribution >= 4 is 27.5 Å². The quantitative estimate of drug-likeness (QED) is 0.922. The number of nitrogens with one attached hydrogen (secondary N) is 1. The molecule has 2 rings (SSSR count). The first-order valence-corrected chi connectivity index (χ1v) is 6.64. The van der Waals surface area contributed by atoms with Gasteiger partial charge in [-0.2, -0.15) is 5.26 Å². The third-order valence-corrected chi connectivity index (χ3v) is 3.17. The summed E-state index contributed by atoms with van der Waals surface area (Å²) < 4.78 is 6.41. The number of ether oxygens (including phenoxy) is 1. The summed E-state index contributed by atoms with van der Waals surface area (Å²) in [5.74, 6) is 0.729. The zero-order valence-corrected chi connectivity index (χ0v) is 12.3. The molecule has 2 aromatic carbocycles. The molecule has 0 heterocycles. The van der Waals surface area contributed by atoms with E-state index in [4.69, 9.17) is 10.00 Å². The molecule has 0 fully saturated rings. The second-order valence-corrected chi connectivity index (χ2v) is 4.86. The highest BCUT2D eigenvalue weighted by Crippen LogP contribution is 2.33. The molecule has 1 N–H and O–H groups in total. The normalized spacial score (nSPS) is 9.65. The molecule has 0 atom stereocenters. The minimum absolute atomic E-state index is 0.184. The molecule has 5 heteroatoms. The lowest BCUT2D eigenvalue weighted by atomic mass is 10.2. The van der Waals surface area contributed by atoms with Gasteiger partial charge < -0.3 is 10.1 Å². The Balaban J connectivity index is 2.38. The Hall–Kier alpha value is -2.32. The van der Waals surface area contributed by atoms with Crippen LogP contribution in [0.5, 0.6) is 11.5 Å². The highest BCUT2D eigenvalue weighted by atomic mass is 79.9. The number of carbonyl (C=O) groups is 1. The molecule has 0 unspecified atom stereocenters. The van der Waals surface area contributed by atoms with Gasteiger partial charge in [-0.1, -0.05) is 18.2 Å². The lowest BCUT2D eigenvalue weighted by Gasteiger charge is -2.12. The molecule has 0 aliphatic carbocycles. The summed E-state index contributed by atoms with van der Waals surface area (Å²) in [4.78, 5) is 11.2. The van der Waals surface area contributed by atoms with Crippen molar-refractivity contribution in [3.63, 3.8) is 0 Å². The second-order valence-electron chi connectivity index (χ2n) is 4.00. The number of para-hydroxylation sites is 2. The third-order valence-electron chi connectivity index (χ3n) is 2.50. The van der Waals surface area contributed by atoms with Crippen LogP contribution in [-0.2, 0) is 4.79 Å². The third kappa shape index (κ3) is 3.16. The van der Waals surface area contributed by atoms with Gasteiger partial charge in [0.2, 0.25) is 5.91 Å². The van der Waals surface area contributed by atoms with Crippen LogP contribution in [-0.4, -0.2) is 5.91 Å². The molecule has 0 bridgehead atoms. The van der Waals surface area contributed by atoms with Crippen molar-refractivity contribution in [1.82, 2.24) is 0 Å². The monoisotopic (exact) mass is 330 g/mol. The average molecular weight is 331 g/mol. The van der Waals surface area contributed by atoms with Crippen LogP contribution in [0.4, 0.5) is 5.69 Å². The standard InChI is InChI=1S/C15H11BrN2O2/c1-10(19)18-13-6-2-3-7-15(13)20-14-8-4-5-12(16)11(14)9-17/h2-8H,1H3,(H,18,19). The second kappa shape index (κ2) is 6.22. The highest BCUT2D eigenvalue weighted by Gasteiger charge is 2.11. The minimum atomic E-state index is -0.184. The number of benzene rings is 2. The molecule has 20 heavy (non-hydrogen) atoms. The number of nitrogens with zero attached hydrogens (tertiary/aromatic N) is 1. The summed E-state index contributed by atoms with van der Waals surface area (Å²) in [5.41, 5.74) is 0.967. The maximum absolute atomic E-state index is 11.2. The maximum Gasteiger partial charge on any atom is 0.221 e. The van der Waals surface area contributed by atoms with Crippen molar-refractivity contribution in [2.75, 3.05) is 5.32 Å². The van der Waals surface area contributed by atoms with Crippen LogP contribution in [0.2, 0.25) is 0 Å². The Morgan fingerprint density at radius 2 is 1.90 bits per heavy atom. The van der Waals surface area contributed by atoms with Crippen molar-refractivity contribution in [2.45, 2.75) is 6.92 Å². The van der Waals surface area contributed by atoms with E-state index in [1.54, 1.807) is 42.5 Å². The molecule has 0 aromatic heterocycles. The first kappa shape index (κ1) is 14.1. The van der Waals surface area contributed by atoms with E-state index in [1.807, 2.05) is 0 Å². The fraction of sp³-hybridized carbons (Fsp3) is 0.0667. The van der Waals surface area contributed by atoms with E-state index in [9.17, 15) is 4.79 Å². The molecule has 0 spiro atoms. The van der Waals surface area contributed by atoms with E-state index in [2.05, 4.69) is 27.3 Å². The van der Waals surface area contributed by atoms with Gasteiger partial charge in [0.1, 0.15) is 17.4 Å². The summed E-state index contributed by atoms with van der Waals surface area (Å²) in [6.07, 6.45) is 0. The smallest absolute Gasteiger partial charge is 0.221 e. The fourth-order valence-electron chi connectivity index (χ4n) is 1.66. The van der Waals surface area contributed by atoms with Gasteiger partial charge in [0.05, 0.1) is 5.69 Å². The van der Waals surface area contributed by atoms with Crippen LogP contribution in [0, 0.1) is 11.3 Å². The Kier molecular flexibility index (Phi) is 4.38. The first-order chi connectivity index (χ1) is 9.61. The van der Waals surface area contributed by atoms with Crippen LogP contribution in [0.15, 0.2) is 46.9 Å². The van der Waals surface area contributed by atoms with Crippen LogP contribution in [0.3, 0.4) is 0 Å². The molecule has 2 aromatic rings. The summed E-state index contributed by atoms with van der Waals surface area (Å²) in [5, 5.41) is 11.8. The topological polar surface area (TPSA) is 62.1 Å². The Morgan fingerprint density at radius 1 is 1.20 bits per heavy atom. The van der Waals surface area contributed by atoms with Gasteiger partial charge in [-0.05, 0) is 40.2 Å². The van der Waals surface area contributed by atoms with Crippen molar-refractivity contribution in [3.05, 3.63) is 52.5 Å². The zero-order chi connectivity index (χ0) is 14.5. The highest BCUT2D eigenvalue weighted by molar-refractivity contribution is 9.10. The van der Waals surface area contributed by atoms with Crippen LogP contribution in [0.1, 0.15) is 12.5 Å². The van der Waals surface area contributed by atoms with Crippen molar-refractivity contribution in [3.8, 4) is 17.6 Å². The molecule has 1 amide bonds. The van der Waals surface area contributed by atoms with Crippen LogP contribution < -0.4 is 10.1 Å². The molecule has 0 saturated heterocycles. The van der Waals surface area contributed by atoms with Gasteiger partial charge in [0, 0.05) is 11.4 Å². The predicted octanol–water partition coefficient (Wildman–Crippen LogP) is 4.07. The van der Waals surface area contributed by atoms with Gasteiger partial charge >= 0.3 is 0 Å². The molecule has 0 radical (unpaired) electrons. The molecule has 4 nitrogen and oxygen atoms in total. The van der Waals surface area contributed by atoms with Gasteiger partial charge in [0.15, 0.2) is 5.75 Å². The summed E-state index contributed by atoms with van der Waals surface area (Å²) >= 11 is 3.31. The van der Waals surface area contributed by atoms with E-state index in [0.717, 1.165) is 0 Å². The Bertz CT molecular complexity index is 693. The minimum Gasteiger partial charge on any atom is -0.454 e. The molecule has 0 aliphatic rings. The van der Waals surface area contributed by atoms with E-state index in [1.165, 1.54) is 6.92 Å². The molecular formula is C15H11BrN2O2. The summed E-state index contributed by atoms with van der Waals surface area (Å²) in [7, 11) is 0. The average Bonchev–Trinajstić information content (AvgIpc) is 2.41. The Labute approximate surface area is 125 Å². The van der Waals surface area contributed by atoms with E-state index in [0.29, 0.717) is 27.2 Å². The number of hydrogen-bond acceptors (Lipinski definition) is 3. The first-order valence-electron chi connectivity index (χ1n) is 5.85. The maximum atomic E-state index is 11.2. The van der Waals surface area contributed by atoms with Crippen molar-refractivity contribution < 1.29 is 9.53 Å². The number of nitriles is 1. The lowest BCUT2D eigenvalue weighted by Crippen LogP contribution is -2.06. The number of halogens is 1. The number of hydrogen-bond donors (Lipinski definition) is 1. The van der Waals surface area contributed by atoms with Crippen molar-refractivity contribution in [2.24, 2.45) is 0 Å².